The number of urea groups is 1. The van der Waals surface area contributed by atoms with Crippen molar-refractivity contribution in [2.75, 3.05) is 29.9 Å². The second kappa shape index (κ2) is 4.97. The maximum Gasteiger partial charge on any atom is 0.321 e. The quantitative estimate of drug-likeness (QED) is 0.784. The Morgan fingerprint density at radius 1 is 1.33 bits per heavy atom. The summed E-state index contributed by atoms with van der Waals surface area (Å²) in [6, 6.07) is 5.63. The van der Waals surface area contributed by atoms with E-state index in [0.29, 0.717) is 24.6 Å². The average Bonchev–Trinajstić information content (AvgIpc) is 2.32. The number of nitrogens with one attached hydrogen (secondary N) is 1. The summed E-state index contributed by atoms with van der Waals surface area (Å²) >= 11 is 0. The van der Waals surface area contributed by atoms with E-state index in [9.17, 15) is 13.4 Å². The summed E-state index contributed by atoms with van der Waals surface area (Å²) in [6.07, 6.45) is 0. The molecule has 0 aromatic heterocycles. The van der Waals surface area contributed by atoms with Gasteiger partial charge in [-0.3, -0.25) is 4.21 Å². The molecule has 0 atom stereocenters. The van der Waals surface area contributed by atoms with Crippen molar-refractivity contribution in [1.29, 1.82) is 0 Å². The fourth-order valence-corrected chi connectivity index (χ4v) is 3.04. The van der Waals surface area contributed by atoms with E-state index in [1.54, 1.807) is 12.1 Å². The van der Waals surface area contributed by atoms with Gasteiger partial charge >= 0.3 is 6.03 Å². The van der Waals surface area contributed by atoms with Crippen LogP contribution in [0, 0.1) is 5.82 Å². The minimum atomic E-state index is -2.03. The molecule has 2 rings (SSSR count). The van der Waals surface area contributed by atoms with E-state index in [1.807, 2.05) is 0 Å². The molecule has 0 bridgehead atoms. The summed E-state index contributed by atoms with van der Waals surface area (Å²) in [5, 5.41) is 2.51. The SMILES string of the molecule is C=S1(=O)CCN(C(=O)Nc2ccccc2F)CC1. The Kier molecular flexibility index (Phi) is 3.56. The topological polar surface area (TPSA) is 49.4 Å². The van der Waals surface area contributed by atoms with Gasteiger partial charge < -0.3 is 10.2 Å². The fourth-order valence-electron chi connectivity index (χ4n) is 1.73. The average molecular weight is 270 g/mol. The largest absolute Gasteiger partial charge is 0.323 e. The molecule has 1 fully saturated rings. The molecule has 18 heavy (non-hydrogen) atoms. The van der Waals surface area contributed by atoms with Gasteiger partial charge in [0, 0.05) is 24.6 Å². The summed E-state index contributed by atoms with van der Waals surface area (Å²) in [7, 11) is -2.03. The molecule has 1 aromatic rings. The standard InChI is InChI=1S/C12H15FN2O2S/c1-18(17)8-6-15(7-9-18)12(16)14-11-5-3-2-4-10(11)13/h2-5H,1,6-9H2,(H,14,16). The van der Waals surface area contributed by atoms with Crippen LogP contribution in [0.1, 0.15) is 0 Å². The van der Waals surface area contributed by atoms with Crippen molar-refractivity contribution in [2.24, 2.45) is 0 Å². The summed E-state index contributed by atoms with van der Waals surface area (Å²) in [5.74, 6) is 3.96. The molecule has 0 radical (unpaired) electrons. The lowest BCUT2D eigenvalue weighted by molar-refractivity contribution is 0.216. The van der Waals surface area contributed by atoms with Gasteiger partial charge in [-0.1, -0.05) is 12.1 Å². The van der Waals surface area contributed by atoms with Gasteiger partial charge in [0.05, 0.1) is 5.69 Å². The molecule has 6 heteroatoms. The molecule has 98 valence electrons. The van der Waals surface area contributed by atoms with Crippen LogP contribution in [0.25, 0.3) is 0 Å². The van der Waals surface area contributed by atoms with Crippen LogP contribution in [0.5, 0.6) is 0 Å². The van der Waals surface area contributed by atoms with Gasteiger partial charge in [-0.15, -0.1) is 0 Å². The van der Waals surface area contributed by atoms with Crippen molar-refractivity contribution in [3.8, 4) is 0 Å². The lowest BCUT2D eigenvalue weighted by Crippen LogP contribution is -2.45. The smallest absolute Gasteiger partial charge is 0.321 e. The predicted octanol–water partition coefficient (Wildman–Crippen LogP) is 1.39. The Morgan fingerprint density at radius 2 is 1.94 bits per heavy atom. The second-order valence-corrected chi connectivity index (χ2v) is 7.02. The van der Waals surface area contributed by atoms with E-state index in [2.05, 4.69) is 11.2 Å². The number of rotatable bonds is 1. The molecule has 1 heterocycles. The van der Waals surface area contributed by atoms with Gasteiger partial charge in [0.1, 0.15) is 5.82 Å². The number of amides is 2. The van der Waals surface area contributed by atoms with Gasteiger partial charge in [0.25, 0.3) is 0 Å². The lowest BCUT2D eigenvalue weighted by atomic mass is 10.3. The van der Waals surface area contributed by atoms with E-state index in [4.69, 9.17) is 0 Å². The number of carbonyl (C=O) groups is 1. The first-order chi connectivity index (χ1) is 8.48. The minimum Gasteiger partial charge on any atom is -0.323 e. The van der Waals surface area contributed by atoms with E-state index in [-0.39, 0.29) is 11.7 Å². The third-order valence-corrected chi connectivity index (χ3v) is 4.72. The molecule has 2 amide bonds. The number of benzene rings is 1. The molecule has 0 spiro atoms. The van der Waals surface area contributed by atoms with Crippen molar-refractivity contribution >= 4 is 27.1 Å². The molecule has 1 saturated heterocycles. The van der Waals surface area contributed by atoms with Gasteiger partial charge in [-0.05, 0) is 27.5 Å². The Morgan fingerprint density at radius 3 is 2.56 bits per heavy atom. The number of hydrogen-bond donors (Lipinski definition) is 1. The molecule has 1 aliphatic heterocycles. The van der Waals surface area contributed by atoms with E-state index in [1.165, 1.54) is 17.0 Å². The Hall–Kier alpha value is -1.56. The normalized spacial score (nSPS) is 18.4. The van der Waals surface area contributed by atoms with E-state index in [0.717, 1.165) is 0 Å². The number of para-hydroxylation sites is 1. The van der Waals surface area contributed by atoms with Crippen molar-refractivity contribution in [3.05, 3.63) is 30.1 Å². The molecular formula is C12H15FN2O2S. The maximum absolute atomic E-state index is 13.4. The zero-order chi connectivity index (χ0) is 13.2. The van der Waals surface area contributed by atoms with Crippen molar-refractivity contribution in [1.82, 2.24) is 4.90 Å². The van der Waals surface area contributed by atoms with Crippen LogP contribution in [0.2, 0.25) is 0 Å². The molecule has 1 aromatic carbocycles. The Bertz CT molecular complexity index is 543. The van der Waals surface area contributed by atoms with Crippen LogP contribution in [-0.4, -0.2) is 45.6 Å². The van der Waals surface area contributed by atoms with Crippen LogP contribution in [0.15, 0.2) is 24.3 Å². The lowest BCUT2D eigenvalue weighted by Gasteiger charge is -2.28. The Labute approximate surface area is 106 Å². The summed E-state index contributed by atoms with van der Waals surface area (Å²) < 4.78 is 25.0. The molecular weight excluding hydrogens is 255 g/mol. The molecule has 0 aliphatic carbocycles. The van der Waals surface area contributed by atoms with Crippen LogP contribution in [-0.2, 0) is 9.52 Å². The van der Waals surface area contributed by atoms with Gasteiger partial charge in [-0.2, -0.15) is 0 Å². The first-order valence-corrected chi connectivity index (χ1v) is 7.67. The number of nitrogens with zero attached hydrogens (tertiary/aromatic N) is 1. The summed E-state index contributed by atoms with van der Waals surface area (Å²) in [5.41, 5.74) is 0.156. The van der Waals surface area contributed by atoms with Crippen LogP contribution >= 0.6 is 0 Å². The van der Waals surface area contributed by atoms with Crippen molar-refractivity contribution in [3.63, 3.8) is 0 Å². The van der Waals surface area contributed by atoms with E-state index < -0.39 is 15.3 Å². The van der Waals surface area contributed by atoms with E-state index >= 15 is 0 Å². The number of halogens is 1. The first-order valence-electron chi connectivity index (χ1n) is 5.61. The molecule has 1 aliphatic rings. The first kappa shape index (κ1) is 12.9. The highest BCUT2D eigenvalue weighted by Gasteiger charge is 2.22. The maximum atomic E-state index is 13.4. The van der Waals surface area contributed by atoms with Gasteiger partial charge in [0.15, 0.2) is 0 Å². The van der Waals surface area contributed by atoms with Crippen LogP contribution < -0.4 is 5.32 Å². The fraction of sp³-hybridized carbons (Fsp3) is 0.333. The van der Waals surface area contributed by atoms with Crippen LogP contribution in [0.4, 0.5) is 14.9 Å². The number of carbonyl (C=O) groups excluding carboxylic acids is 1. The predicted molar refractivity (Wildman–Crippen MR) is 72.0 cm³/mol. The summed E-state index contributed by atoms with van der Waals surface area (Å²) in [4.78, 5) is 13.4. The Balaban J connectivity index is 2.00. The zero-order valence-corrected chi connectivity index (χ0v) is 10.7. The highest BCUT2D eigenvalue weighted by molar-refractivity contribution is 8.00. The highest BCUT2D eigenvalue weighted by Crippen LogP contribution is 2.14. The molecule has 0 unspecified atom stereocenters. The molecule has 1 N–H and O–H groups in total. The molecule has 0 saturated carbocycles. The second-order valence-electron chi connectivity index (χ2n) is 4.27. The third-order valence-electron chi connectivity index (χ3n) is 2.87. The van der Waals surface area contributed by atoms with Crippen LogP contribution in [0.3, 0.4) is 0 Å². The number of hydrogen-bond acceptors (Lipinski definition) is 2. The van der Waals surface area contributed by atoms with Gasteiger partial charge in [-0.25, -0.2) is 9.18 Å². The zero-order valence-electron chi connectivity index (χ0n) is 9.89. The minimum absolute atomic E-state index is 0.156. The van der Waals surface area contributed by atoms with Crippen molar-refractivity contribution < 1.29 is 13.4 Å². The van der Waals surface area contributed by atoms with Crippen molar-refractivity contribution in [2.45, 2.75) is 0 Å². The van der Waals surface area contributed by atoms with Gasteiger partial charge in [0.2, 0.25) is 0 Å². The molecule has 4 nitrogen and oxygen atoms in total. The monoisotopic (exact) mass is 270 g/mol. The third kappa shape index (κ3) is 3.01. The number of anilines is 1. The highest BCUT2D eigenvalue weighted by atomic mass is 32.2. The summed E-state index contributed by atoms with van der Waals surface area (Å²) in [6.45, 7) is 0.783.